The highest BCUT2D eigenvalue weighted by Crippen LogP contribution is 2.23. The minimum absolute atomic E-state index is 0.0461. The number of hydrogen-bond acceptors (Lipinski definition) is 5. The minimum atomic E-state index is -0.652. The molecule has 3 atom stereocenters. The second-order valence-electron chi connectivity index (χ2n) is 8.44. The van der Waals surface area contributed by atoms with Crippen LogP contribution in [0.15, 0.2) is 24.3 Å². The van der Waals surface area contributed by atoms with Crippen LogP contribution in [0, 0.1) is 5.92 Å². The molecular weight excluding hydrogens is 384 g/mol. The van der Waals surface area contributed by atoms with E-state index in [9.17, 15) is 14.4 Å². The van der Waals surface area contributed by atoms with Gasteiger partial charge in [0, 0.05) is 37.7 Å². The lowest BCUT2D eigenvalue weighted by molar-refractivity contribution is -0.151. The highest BCUT2D eigenvalue weighted by atomic mass is 16.5. The molecule has 2 saturated heterocycles. The fourth-order valence-corrected chi connectivity index (χ4v) is 4.26. The first-order valence-electron chi connectivity index (χ1n) is 10.7. The van der Waals surface area contributed by atoms with E-state index >= 15 is 0 Å². The van der Waals surface area contributed by atoms with E-state index in [0.29, 0.717) is 50.3 Å². The van der Waals surface area contributed by atoms with Gasteiger partial charge in [-0.1, -0.05) is 12.1 Å². The molecule has 2 fully saturated rings. The maximum atomic E-state index is 12.9. The SMILES string of the molecule is CC(=O)c1cccc(OC(C)C(=O)N2CCC(C(=O)N3CC(C)OC(C)C3)CC2)c1. The molecule has 3 rings (SSSR count). The Morgan fingerprint density at radius 2 is 1.70 bits per heavy atom. The van der Waals surface area contributed by atoms with E-state index in [1.165, 1.54) is 6.92 Å². The average Bonchev–Trinajstić information content (AvgIpc) is 2.72. The fourth-order valence-electron chi connectivity index (χ4n) is 4.26. The van der Waals surface area contributed by atoms with E-state index in [4.69, 9.17) is 9.47 Å². The molecular formula is C23H32N2O5. The van der Waals surface area contributed by atoms with Crippen LogP contribution < -0.4 is 4.74 Å². The fraction of sp³-hybridized carbons (Fsp3) is 0.609. The van der Waals surface area contributed by atoms with Crippen LogP contribution in [0.1, 0.15) is 50.9 Å². The summed E-state index contributed by atoms with van der Waals surface area (Å²) in [5, 5.41) is 0. The van der Waals surface area contributed by atoms with Crippen LogP contribution in [0.2, 0.25) is 0 Å². The number of carbonyl (C=O) groups is 3. The zero-order chi connectivity index (χ0) is 21.8. The van der Waals surface area contributed by atoms with Crippen molar-refractivity contribution >= 4 is 17.6 Å². The predicted molar refractivity (Wildman–Crippen MR) is 112 cm³/mol. The number of morpholine rings is 1. The number of likely N-dealkylation sites (tertiary alicyclic amines) is 1. The van der Waals surface area contributed by atoms with Crippen molar-refractivity contribution in [3.63, 3.8) is 0 Å². The van der Waals surface area contributed by atoms with Gasteiger partial charge in [-0.2, -0.15) is 0 Å². The van der Waals surface area contributed by atoms with Crippen LogP contribution in [0.4, 0.5) is 0 Å². The average molecular weight is 417 g/mol. The number of amides is 2. The summed E-state index contributed by atoms with van der Waals surface area (Å²) in [6.07, 6.45) is 0.784. The second-order valence-corrected chi connectivity index (χ2v) is 8.44. The molecule has 2 aliphatic rings. The summed E-state index contributed by atoms with van der Waals surface area (Å²) in [7, 11) is 0. The van der Waals surface area contributed by atoms with Crippen LogP contribution in [0.25, 0.3) is 0 Å². The topological polar surface area (TPSA) is 76.2 Å². The molecule has 0 aliphatic carbocycles. The van der Waals surface area contributed by atoms with Gasteiger partial charge in [0.2, 0.25) is 5.91 Å². The molecule has 7 nitrogen and oxygen atoms in total. The van der Waals surface area contributed by atoms with Gasteiger partial charge >= 0.3 is 0 Å². The van der Waals surface area contributed by atoms with E-state index in [-0.39, 0.29) is 35.7 Å². The van der Waals surface area contributed by atoms with E-state index in [0.717, 1.165) is 0 Å². The first kappa shape index (κ1) is 22.3. The number of nitrogens with zero attached hydrogens (tertiary/aromatic N) is 2. The molecule has 0 aromatic heterocycles. The Hall–Kier alpha value is -2.41. The van der Waals surface area contributed by atoms with Crippen LogP contribution in [-0.2, 0) is 14.3 Å². The number of benzene rings is 1. The van der Waals surface area contributed by atoms with E-state index in [1.54, 1.807) is 36.1 Å². The van der Waals surface area contributed by atoms with Crippen molar-refractivity contribution in [3.05, 3.63) is 29.8 Å². The van der Waals surface area contributed by atoms with Crippen LogP contribution in [-0.4, -0.2) is 71.9 Å². The highest BCUT2D eigenvalue weighted by Gasteiger charge is 2.34. The molecule has 2 amide bonds. The predicted octanol–water partition coefficient (Wildman–Crippen LogP) is 2.53. The summed E-state index contributed by atoms with van der Waals surface area (Å²) < 4.78 is 11.5. The Morgan fingerprint density at radius 1 is 1.07 bits per heavy atom. The van der Waals surface area contributed by atoms with Gasteiger partial charge < -0.3 is 19.3 Å². The molecule has 0 bridgehead atoms. The van der Waals surface area contributed by atoms with Crippen LogP contribution in [0.3, 0.4) is 0 Å². The molecule has 1 aromatic carbocycles. The lowest BCUT2D eigenvalue weighted by atomic mass is 9.94. The first-order chi connectivity index (χ1) is 14.2. The molecule has 30 heavy (non-hydrogen) atoms. The van der Waals surface area contributed by atoms with E-state index in [1.807, 2.05) is 18.7 Å². The molecule has 164 valence electrons. The van der Waals surface area contributed by atoms with Gasteiger partial charge in [0.1, 0.15) is 5.75 Å². The number of rotatable bonds is 5. The molecule has 0 saturated carbocycles. The Kier molecular flexibility index (Phi) is 7.13. The third-order valence-corrected chi connectivity index (χ3v) is 5.79. The Labute approximate surface area is 178 Å². The highest BCUT2D eigenvalue weighted by molar-refractivity contribution is 5.94. The number of Topliss-reactive ketones (excluding diaryl/α,β-unsaturated/α-hetero) is 1. The summed E-state index contributed by atoms with van der Waals surface area (Å²) in [6, 6.07) is 6.86. The standard InChI is InChI=1S/C23H32N2O5/c1-15-13-25(14-16(2)29-15)23(28)19-8-10-24(11-9-19)22(27)18(4)30-21-7-5-6-20(12-21)17(3)26/h5-7,12,15-16,18-19H,8-11,13-14H2,1-4H3. The van der Waals surface area contributed by atoms with E-state index in [2.05, 4.69) is 0 Å². The normalized spacial score (nSPS) is 23.7. The van der Waals surface area contributed by atoms with Gasteiger partial charge in [-0.3, -0.25) is 14.4 Å². The third kappa shape index (κ3) is 5.39. The maximum absolute atomic E-state index is 12.9. The smallest absolute Gasteiger partial charge is 0.263 e. The van der Waals surface area contributed by atoms with Gasteiger partial charge in [-0.15, -0.1) is 0 Å². The summed E-state index contributed by atoms with van der Waals surface area (Å²) in [6.45, 7) is 9.56. The molecule has 2 heterocycles. The van der Waals surface area contributed by atoms with Crippen molar-refractivity contribution < 1.29 is 23.9 Å². The number of hydrogen-bond donors (Lipinski definition) is 0. The molecule has 7 heteroatoms. The first-order valence-corrected chi connectivity index (χ1v) is 10.7. The summed E-state index contributed by atoms with van der Waals surface area (Å²) in [5.41, 5.74) is 0.554. The van der Waals surface area contributed by atoms with Crippen LogP contribution in [0.5, 0.6) is 5.75 Å². The summed E-state index contributed by atoms with van der Waals surface area (Å²) >= 11 is 0. The zero-order valence-electron chi connectivity index (χ0n) is 18.3. The molecule has 0 radical (unpaired) electrons. The zero-order valence-corrected chi connectivity index (χ0v) is 18.3. The Morgan fingerprint density at radius 3 is 2.30 bits per heavy atom. The molecule has 1 aromatic rings. The van der Waals surface area contributed by atoms with Crippen molar-refractivity contribution in [1.82, 2.24) is 9.80 Å². The minimum Gasteiger partial charge on any atom is -0.481 e. The van der Waals surface area contributed by atoms with Crippen molar-refractivity contribution in [2.24, 2.45) is 5.92 Å². The van der Waals surface area contributed by atoms with Crippen molar-refractivity contribution in [1.29, 1.82) is 0 Å². The largest absolute Gasteiger partial charge is 0.481 e. The van der Waals surface area contributed by atoms with Gasteiger partial charge in [0.25, 0.3) is 5.91 Å². The van der Waals surface area contributed by atoms with Crippen molar-refractivity contribution in [2.75, 3.05) is 26.2 Å². The van der Waals surface area contributed by atoms with Crippen LogP contribution >= 0.6 is 0 Å². The third-order valence-electron chi connectivity index (χ3n) is 5.79. The number of ether oxygens (including phenoxy) is 2. The van der Waals surface area contributed by atoms with E-state index < -0.39 is 6.10 Å². The molecule has 3 unspecified atom stereocenters. The van der Waals surface area contributed by atoms with Gasteiger partial charge in [-0.05, 0) is 52.7 Å². The second kappa shape index (κ2) is 9.60. The summed E-state index contributed by atoms with van der Waals surface area (Å²) in [5.74, 6) is 0.492. The Balaban J connectivity index is 1.51. The number of carbonyl (C=O) groups excluding carboxylic acids is 3. The maximum Gasteiger partial charge on any atom is 0.263 e. The molecule has 2 aliphatic heterocycles. The van der Waals surface area contributed by atoms with Crippen molar-refractivity contribution in [2.45, 2.75) is 58.8 Å². The Bertz CT molecular complexity index is 778. The molecule has 0 spiro atoms. The quantitative estimate of drug-likeness (QED) is 0.690. The lowest BCUT2D eigenvalue weighted by Crippen LogP contribution is -2.52. The van der Waals surface area contributed by atoms with Gasteiger partial charge in [0.15, 0.2) is 11.9 Å². The van der Waals surface area contributed by atoms with Gasteiger partial charge in [-0.25, -0.2) is 0 Å². The monoisotopic (exact) mass is 416 g/mol. The van der Waals surface area contributed by atoms with Gasteiger partial charge in [0.05, 0.1) is 12.2 Å². The lowest BCUT2D eigenvalue weighted by Gasteiger charge is -2.39. The number of ketones is 1. The summed E-state index contributed by atoms with van der Waals surface area (Å²) in [4.78, 5) is 40.9. The molecule has 0 N–H and O–H groups in total. The van der Waals surface area contributed by atoms with Crippen molar-refractivity contribution in [3.8, 4) is 5.75 Å². The number of piperidine rings is 1.